The molecule has 1 atom stereocenters. The SMILES string of the molecule is NCCC1CCCN(S(=O)(=O)c2ccccc2Cl)C1. The van der Waals surface area contributed by atoms with Crippen molar-refractivity contribution >= 4 is 21.6 Å². The molecular weight excluding hydrogens is 284 g/mol. The average molecular weight is 303 g/mol. The molecule has 0 spiro atoms. The highest BCUT2D eigenvalue weighted by atomic mass is 35.5. The minimum absolute atomic E-state index is 0.199. The van der Waals surface area contributed by atoms with Crippen LogP contribution in [0.15, 0.2) is 29.2 Å². The second kappa shape index (κ2) is 6.22. The van der Waals surface area contributed by atoms with Gasteiger partial charge >= 0.3 is 0 Å². The summed E-state index contributed by atoms with van der Waals surface area (Å²) in [6.07, 6.45) is 2.80. The first-order chi connectivity index (χ1) is 9.05. The Bertz CT molecular complexity index is 531. The molecule has 2 N–H and O–H groups in total. The van der Waals surface area contributed by atoms with Crippen molar-refractivity contribution in [2.24, 2.45) is 11.7 Å². The van der Waals surface area contributed by atoms with Gasteiger partial charge in [-0.3, -0.25) is 0 Å². The Hall–Kier alpha value is -0.620. The maximum atomic E-state index is 12.6. The van der Waals surface area contributed by atoms with Gasteiger partial charge in [0.1, 0.15) is 4.90 Å². The number of piperidine rings is 1. The van der Waals surface area contributed by atoms with Crippen LogP contribution in [0.5, 0.6) is 0 Å². The van der Waals surface area contributed by atoms with Gasteiger partial charge in [-0.25, -0.2) is 8.42 Å². The topological polar surface area (TPSA) is 63.4 Å². The quantitative estimate of drug-likeness (QED) is 0.926. The molecule has 0 aromatic heterocycles. The number of rotatable bonds is 4. The largest absolute Gasteiger partial charge is 0.330 e. The van der Waals surface area contributed by atoms with Crippen LogP contribution in [0.4, 0.5) is 0 Å². The van der Waals surface area contributed by atoms with Crippen LogP contribution >= 0.6 is 11.6 Å². The van der Waals surface area contributed by atoms with E-state index in [4.69, 9.17) is 17.3 Å². The summed E-state index contributed by atoms with van der Waals surface area (Å²) in [7, 11) is -3.48. The van der Waals surface area contributed by atoms with Gasteiger partial charge in [0.2, 0.25) is 10.0 Å². The van der Waals surface area contributed by atoms with Crippen LogP contribution < -0.4 is 5.73 Å². The van der Waals surface area contributed by atoms with Crippen molar-refractivity contribution in [2.75, 3.05) is 19.6 Å². The summed E-state index contributed by atoms with van der Waals surface area (Å²) in [5, 5.41) is 0.281. The van der Waals surface area contributed by atoms with Gasteiger partial charge in [0, 0.05) is 13.1 Å². The van der Waals surface area contributed by atoms with Gasteiger partial charge in [-0.05, 0) is 43.9 Å². The minimum atomic E-state index is -3.48. The number of halogens is 1. The van der Waals surface area contributed by atoms with Gasteiger partial charge in [0.25, 0.3) is 0 Å². The van der Waals surface area contributed by atoms with Gasteiger partial charge in [-0.15, -0.1) is 0 Å². The molecule has 1 aliphatic heterocycles. The molecule has 1 fully saturated rings. The van der Waals surface area contributed by atoms with Crippen molar-refractivity contribution in [1.29, 1.82) is 0 Å². The lowest BCUT2D eigenvalue weighted by Gasteiger charge is -2.32. The third kappa shape index (κ3) is 3.28. The molecule has 4 nitrogen and oxygen atoms in total. The molecule has 1 saturated heterocycles. The van der Waals surface area contributed by atoms with Gasteiger partial charge in [0.05, 0.1) is 5.02 Å². The Morgan fingerprint density at radius 3 is 2.79 bits per heavy atom. The highest BCUT2D eigenvalue weighted by Gasteiger charge is 2.31. The number of nitrogens with zero attached hydrogens (tertiary/aromatic N) is 1. The molecule has 0 bridgehead atoms. The Balaban J connectivity index is 2.22. The molecule has 1 heterocycles. The van der Waals surface area contributed by atoms with E-state index in [0.717, 1.165) is 19.3 Å². The summed E-state index contributed by atoms with van der Waals surface area (Å²) < 4.78 is 26.7. The smallest absolute Gasteiger partial charge is 0.244 e. The van der Waals surface area contributed by atoms with Gasteiger partial charge in [-0.1, -0.05) is 23.7 Å². The Labute approximate surface area is 119 Å². The van der Waals surface area contributed by atoms with E-state index >= 15 is 0 Å². The number of hydrogen-bond donors (Lipinski definition) is 1. The zero-order valence-corrected chi connectivity index (χ0v) is 12.3. The van der Waals surface area contributed by atoms with Crippen molar-refractivity contribution in [2.45, 2.75) is 24.2 Å². The van der Waals surface area contributed by atoms with E-state index < -0.39 is 10.0 Å². The maximum absolute atomic E-state index is 12.6. The van der Waals surface area contributed by atoms with E-state index in [9.17, 15) is 8.42 Å². The first-order valence-electron chi connectivity index (χ1n) is 6.50. The van der Waals surface area contributed by atoms with Crippen LogP contribution in [-0.4, -0.2) is 32.4 Å². The second-order valence-corrected chi connectivity index (χ2v) is 7.19. The lowest BCUT2D eigenvalue weighted by atomic mass is 9.96. The molecule has 0 aliphatic carbocycles. The van der Waals surface area contributed by atoms with Crippen molar-refractivity contribution in [1.82, 2.24) is 4.31 Å². The van der Waals surface area contributed by atoms with Crippen LogP contribution in [0.2, 0.25) is 5.02 Å². The van der Waals surface area contributed by atoms with Crippen molar-refractivity contribution in [3.05, 3.63) is 29.3 Å². The van der Waals surface area contributed by atoms with Gasteiger partial charge in [-0.2, -0.15) is 4.31 Å². The van der Waals surface area contributed by atoms with Gasteiger partial charge < -0.3 is 5.73 Å². The lowest BCUT2D eigenvalue weighted by Crippen LogP contribution is -2.40. The predicted octanol–water partition coefficient (Wildman–Crippen LogP) is 2.09. The highest BCUT2D eigenvalue weighted by molar-refractivity contribution is 7.89. The zero-order valence-electron chi connectivity index (χ0n) is 10.8. The third-order valence-electron chi connectivity index (χ3n) is 3.51. The van der Waals surface area contributed by atoms with Crippen LogP contribution in [0.1, 0.15) is 19.3 Å². The van der Waals surface area contributed by atoms with Crippen LogP contribution in [0, 0.1) is 5.92 Å². The number of nitrogens with two attached hydrogens (primary N) is 1. The normalized spacial score (nSPS) is 21.5. The fourth-order valence-electron chi connectivity index (χ4n) is 2.51. The average Bonchev–Trinajstić information content (AvgIpc) is 2.40. The fraction of sp³-hybridized carbons (Fsp3) is 0.538. The third-order valence-corrected chi connectivity index (χ3v) is 5.88. The monoisotopic (exact) mass is 302 g/mol. The van der Waals surface area contributed by atoms with Crippen molar-refractivity contribution in [3.8, 4) is 0 Å². The van der Waals surface area contributed by atoms with E-state index in [1.54, 1.807) is 24.3 Å². The molecule has 0 amide bonds. The van der Waals surface area contributed by atoms with E-state index in [2.05, 4.69) is 0 Å². The summed E-state index contributed by atoms with van der Waals surface area (Å²) in [5.41, 5.74) is 5.56. The zero-order chi connectivity index (χ0) is 13.9. The van der Waals surface area contributed by atoms with Crippen molar-refractivity contribution < 1.29 is 8.42 Å². The minimum Gasteiger partial charge on any atom is -0.330 e. The summed E-state index contributed by atoms with van der Waals surface area (Å²) in [4.78, 5) is 0.199. The second-order valence-electron chi connectivity index (χ2n) is 4.88. The molecule has 1 aromatic carbocycles. The molecule has 1 aromatic rings. The van der Waals surface area contributed by atoms with Crippen LogP contribution in [0.25, 0.3) is 0 Å². The van der Waals surface area contributed by atoms with Crippen LogP contribution in [0.3, 0.4) is 0 Å². The standard InChI is InChI=1S/C13H19ClN2O2S/c14-12-5-1-2-6-13(12)19(17,18)16-9-3-4-11(10-16)7-8-15/h1-2,5-6,11H,3-4,7-10,15H2. The molecule has 6 heteroatoms. The van der Waals surface area contributed by atoms with E-state index in [1.165, 1.54) is 4.31 Å². The van der Waals surface area contributed by atoms with E-state index in [1.807, 2.05) is 0 Å². The summed E-state index contributed by atoms with van der Waals surface area (Å²) in [6, 6.07) is 6.59. The van der Waals surface area contributed by atoms with E-state index in [-0.39, 0.29) is 9.92 Å². The summed E-state index contributed by atoms with van der Waals surface area (Å²) in [5.74, 6) is 0.357. The summed E-state index contributed by atoms with van der Waals surface area (Å²) in [6.45, 7) is 1.71. The molecule has 0 radical (unpaired) electrons. The molecule has 2 rings (SSSR count). The van der Waals surface area contributed by atoms with Crippen molar-refractivity contribution in [3.63, 3.8) is 0 Å². The fourth-order valence-corrected chi connectivity index (χ4v) is 4.56. The number of hydrogen-bond acceptors (Lipinski definition) is 3. The Morgan fingerprint density at radius 2 is 2.11 bits per heavy atom. The predicted molar refractivity (Wildman–Crippen MR) is 76.6 cm³/mol. The lowest BCUT2D eigenvalue weighted by molar-refractivity contribution is 0.258. The Morgan fingerprint density at radius 1 is 1.37 bits per heavy atom. The molecule has 1 unspecified atom stereocenters. The number of sulfonamides is 1. The maximum Gasteiger partial charge on any atom is 0.244 e. The first kappa shape index (κ1) is 14.8. The molecule has 1 aliphatic rings. The molecule has 0 saturated carbocycles. The van der Waals surface area contributed by atoms with E-state index in [0.29, 0.717) is 25.6 Å². The molecular formula is C13H19ClN2O2S. The molecule has 106 valence electrons. The van der Waals surface area contributed by atoms with Gasteiger partial charge in [0.15, 0.2) is 0 Å². The van der Waals surface area contributed by atoms with Crippen LogP contribution in [-0.2, 0) is 10.0 Å². The number of benzene rings is 1. The first-order valence-corrected chi connectivity index (χ1v) is 8.32. The summed E-state index contributed by atoms with van der Waals surface area (Å²) >= 11 is 6.00. The Kier molecular flexibility index (Phi) is 4.84. The highest BCUT2D eigenvalue weighted by Crippen LogP contribution is 2.28. The molecule has 19 heavy (non-hydrogen) atoms.